The maximum atomic E-state index is 13.2. The van der Waals surface area contributed by atoms with Gasteiger partial charge in [-0.05, 0) is 36.6 Å². The van der Waals surface area contributed by atoms with Gasteiger partial charge in [-0.3, -0.25) is 0 Å². The van der Waals surface area contributed by atoms with E-state index in [2.05, 4.69) is 17.1 Å². The molecular formula is C12H13FN2. The second-order valence-corrected chi connectivity index (χ2v) is 4.16. The van der Waals surface area contributed by atoms with Crippen LogP contribution in [0.1, 0.15) is 24.9 Å². The van der Waals surface area contributed by atoms with Crippen LogP contribution >= 0.6 is 0 Å². The summed E-state index contributed by atoms with van der Waals surface area (Å²) in [6.45, 7) is 10.0. The first-order valence-corrected chi connectivity index (χ1v) is 5.10. The average molecular weight is 204 g/mol. The molecule has 1 saturated heterocycles. The summed E-state index contributed by atoms with van der Waals surface area (Å²) >= 11 is 0. The highest BCUT2D eigenvalue weighted by molar-refractivity contribution is 5.48. The summed E-state index contributed by atoms with van der Waals surface area (Å²) in [7, 11) is 0. The Balaban J connectivity index is 2.29. The molecule has 15 heavy (non-hydrogen) atoms. The Hall–Kier alpha value is -1.40. The second kappa shape index (κ2) is 4.00. The number of halogens is 1. The zero-order valence-corrected chi connectivity index (χ0v) is 8.63. The summed E-state index contributed by atoms with van der Waals surface area (Å²) in [5, 5.41) is 3.33. The minimum absolute atomic E-state index is 0.205. The van der Waals surface area contributed by atoms with Gasteiger partial charge in [0.15, 0.2) is 5.69 Å². The molecule has 1 aliphatic heterocycles. The Morgan fingerprint density at radius 3 is 2.87 bits per heavy atom. The number of benzene rings is 1. The maximum Gasteiger partial charge on any atom is 0.190 e. The summed E-state index contributed by atoms with van der Waals surface area (Å²) in [6.07, 6.45) is 1.01. The molecule has 1 aliphatic rings. The second-order valence-electron chi connectivity index (χ2n) is 4.16. The molecule has 2 nitrogen and oxygen atoms in total. The van der Waals surface area contributed by atoms with Crippen molar-refractivity contribution in [1.82, 2.24) is 5.32 Å². The van der Waals surface area contributed by atoms with Crippen LogP contribution in [0.4, 0.5) is 10.1 Å². The largest absolute Gasteiger partial charge is 0.310 e. The van der Waals surface area contributed by atoms with Crippen LogP contribution in [0.25, 0.3) is 4.85 Å². The van der Waals surface area contributed by atoms with Gasteiger partial charge in [-0.1, -0.05) is 13.0 Å². The van der Waals surface area contributed by atoms with Crippen LogP contribution in [0.15, 0.2) is 18.2 Å². The molecule has 0 radical (unpaired) electrons. The quantitative estimate of drug-likeness (QED) is 0.695. The van der Waals surface area contributed by atoms with Crippen LogP contribution in [-0.4, -0.2) is 6.54 Å². The van der Waals surface area contributed by atoms with E-state index in [1.54, 1.807) is 6.07 Å². The van der Waals surface area contributed by atoms with Gasteiger partial charge in [0.1, 0.15) is 5.82 Å². The van der Waals surface area contributed by atoms with Crippen molar-refractivity contribution >= 4 is 5.69 Å². The van der Waals surface area contributed by atoms with Gasteiger partial charge in [0, 0.05) is 6.04 Å². The minimum Gasteiger partial charge on any atom is -0.310 e. The fourth-order valence-electron chi connectivity index (χ4n) is 2.03. The Labute approximate surface area is 88.9 Å². The molecule has 0 spiro atoms. The lowest BCUT2D eigenvalue weighted by Gasteiger charge is -2.11. The van der Waals surface area contributed by atoms with Crippen molar-refractivity contribution in [3.8, 4) is 0 Å². The predicted octanol–water partition coefficient (Wildman–Crippen LogP) is 3.05. The van der Waals surface area contributed by atoms with E-state index in [1.807, 2.05) is 0 Å². The molecule has 1 fully saturated rings. The third kappa shape index (κ3) is 2.16. The molecule has 0 aliphatic carbocycles. The Morgan fingerprint density at radius 1 is 1.47 bits per heavy atom. The zero-order chi connectivity index (χ0) is 10.8. The molecule has 2 rings (SSSR count). The standard InChI is InChI=1S/C12H13FN2/c1-8-3-12(15-7-8)9-4-10(13)6-11(5-9)14-2/h4-6,8,12,15H,3,7H2,1H3/t8-,12?/m0/s1. The molecule has 1 N–H and O–H groups in total. The van der Waals surface area contributed by atoms with E-state index in [4.69, 9.17) is 6.57 Å². The van der Waals surface area contributed by atoms with Gasteiger partial charge < -0.3 is 5.32 Å². The molecule has 3 heteroatoms. The van der Waals surface area contributed by atoms with Crippen molar-refractivity contribution < 1.29 is 4.39 Å². The Morgan fingerprint density at radius 2 is 2.27 bits per heavy atom. The fraction of sp³-hybridized carbons (Fsp3) is 0.417. The van der Waals surface area contributed by atoms with Gasteiger partial charge in [0.05, 0.1) is 6.57 Å². The number of nitrogens with zero attached hydrogens (tertiary/aromatic N) is 1. The molecule has 1 aromatic carbocycles. The molecule has 1 aromatic rings. The molecule has 0 amide bonds. The molecule has 2 atom stereocenters. The molecule has 1 unspecified atom stereocenters. The first-order valence-electron chi connectivity index (χ1n) is 5.10. The summed E-state index contributed by atoms with van der Waals surface area (Å²) in [5.41, 5.74) is 1.27. The van der Waals surface area contributed by atoms with E-state index in [9.17, 15) is 4.39 Å². The van der Waals surface area contributed by atoms with Gasteiger partial charge in [-0.2, -0.15) is 0 Å². The molecule has 0 bridgehead atoms. The lowest BCUT2D eigenvalue weighted by molar-refractivity contribution is 0.595. The van der Waals surface area contributed by atoms with Crippen LogP contribution in [-0.2, 0) is 0 Å². The molecule has 1 heterocycles. The lowest BCUT2D eigenvalue weighted by Crippen LogP contribution is -2.13. The highest BCUT2D eigenvalue weighted by Gasteiger charge is 2.22. The smallest absolute Gasteiger partial charge is 0.190 e. The molecule has 0 saturated carbocycles. The molecule has 78 valence electrons. The van der Waals surface area contributed by atoms with Crippen LogP contribution in [0.3, 0.4) is 0 Å². The number of nitrogens with one attached hydrogen (secondary N) is 1. The van der Waals surface area contributed by atoms with Crippen LogP contribution in [0.5, 0.6) is 0 Å². The number of hydrogen-bond acceptors (Lipinski definition) is 1. The van der Waals surface area contributed by atoms with Gasteiger partial charge >= 0.3 is 0 Å². The summed E-state index contributed by atoms with van der Waals surface area (Å²) < 4.78 is 13.2. The third-order valence-corrected chi connectivity index (χ3v) is 2.79. The van der Waals surface area contributed by atoms with Crippen molar-refractivity contribution in [2.75, 3.05) is 6.54 Å². The SMILES string of the molecule is [C-]#[N+]c1cc(F)cc(C2C[C@H](C)CN2)c1. The van der Waals surface area contributed by atoms with E-state index in [0.717, 1.165) is 18.5 Å². The van der Waals surface area contributed by atoms with Gasteiger partial charge in [0.25, 0.3) is 0 Å². The molecular weight excluding hydrogens is 191 g/mol. The van der Waals surface area contributed by atoms with E-state index in [0.29, 0.717) is 11.6 Å². The van der Waals surface area contributed by atoms with Crippen LogP contribution < -0.4 is 5.32 Å². The minimum atomic E-state index is -0.320. The highest BCUT2D eigenvalue weighted by atomic mass is 19.1. The van der Waals surface area contributed by atoms with E-state index in [-0.39, 0.29) is 11.9 Å². The average Bonchev–Trinajstić information content (AvgIpc) is 2.64. The van der Waals surface area contributed by atoms with Crippen molar-refractivity contribution in [3.05, 3.63) is 41.0 Å². The topological polar surface area (TPSA) is 16.4 Å². The van der Waals surface area contributed by atoms with Gasteiger partial charge in [0.2, 0.25) is 0 Å². The first-order chi connectivity index (χ1) is 7.19. The zero-order valence-electron chi connectivity index (χ0n) is 8.63. The van der Waals surface area contributed by atoms with Gasteiger partial charge in [-0.25, -0.2) is 9.24 Å². The summed E-state index contributed by atoms with van der Waals surface area (Å²) in [6, 6.07) is 4.77. The van der Waals surface area contributed by atoms with Crippen molar-refractivity contribution in [3.63, 3.8) is 0 Å². The van der Waals surface area contributed by atoms with Crippen LogP contribution in [0.2, 0.25) is 0 Å². The first kappa shape index (κ1) is 10.1. The van der Waals surface area contributed by atoms with E-state index < -0.39 is 0 Å². The highest BCUT2D eigenvalue weighted by Crippen LogP contribution is 2.29. The van der Waals surface area contributed by atoms with Crippen molar-refractivity contribution in [1.29, 1.82) is 0 Å². The van der Waals surface area contributed by atoms with Crippen molar-refractivity contribution in [2.45, 2.75) is 19.4 Å². The van der Waals surface area contributed by atoms with Crippen molar-refractivity contribution in [2.24, 2.45) is 5.92 Å². The normalized spacial score (nSPS) is 25.1. The maximum absolute atomic E-state index is 13.2. The Kier molecular flexibility index (Phi) is 2.70. The molecule has 0 aromatic heterocycles. The summed E-state index contributed by atoms with van der Waals surface area (Å²) in [5.74, 6) is 0.300. The summed E-state index contributed by atoms with van der Waals surface area (Å²) in [4.78, 5) is 3.26. The number of hydrogen-bond donors (Lipinski definition) is 1. The Bertz CT molecular complexity index is 409. The number of rotatable bonds is 1. The van der Waals surface area contributed by atoms with E-state index in [1.165, 1.54) is 12.1 Å². The predicted molar refractivity (Wildman–Crippen MR) is 57.2 cm³/mol. The monoisotopic (exact) mass is 204 g/mol. The lowest BCUT2D eigenvalue weighted by atomic mass is 10.0. The fourth-order valence-corrected chi connectivity index (χ4v) is 2.03. The third-order valence-electron chi connectivity index (χ3n) is 2.79. The van der Waals surface area contributed by atoms with Crippen LogP contribution in [0, 0.1) is 18.3 Å². The van der Waals surface area contributed by atoms with Gasteiger partial charge in [-0.15, -0.1) is 0 Å². The van der Waals surface area contributed by atoms with E-state index >= 15 is 0 Å².